The number of para-hydroxylation sites is 2. The second kappa shape index (κ2) is 8.92. The SMILES string of the molecule is CC(C)n1c(CN2CC[C@H](O)[C@@]3(CCCNC3=O)C2)nc2ccccc21.O=CO. The fourth-order valence-corrected chi connectivity index (χ4v) is 4.65. The smallest absolute Gasteiger partial charge is 0.290 e. The van der Waals surface area contributed by atoms with Crippen LogP contribution in [0.1, 0.15) is 45.0 Å². The molecule has 2 aliphatic rings. The molecule has 1 spiro atoms. The van der Waals surface area contributed by atoms with Crippen molar-refractivity contribution in [2.45, 2.75) is 51.8 Å². The molecule has 1 amide bonds. The van der Waals surface area contributed by atoms with Crippen molar-refractivity contribution in [2.75, 3.05) is 19.6 Å². The molecule has 0 bridgehead atoms. The zero-order valence-corrected chi connectivity index (χ0v) is 17.0. The molecule has 1 aromatic carbocycles. The first-order chi connectivity index (χ1) is 13.9. The Bertz CT molecular complexity index is 865. The summed E-state index contributed by atoms with van der Waals surface area (Å²) in [6.07, 6.45) is 1.77. The molecule has 0 saturated carbocycles. The number of carbonyl (C=O) groups is 2. The molecule has 1 aromatic heterocycles. The first kappa shape index (κ1) is 21.3. The van der Waals surface area contributed by atoms with Gasteiger partial charge in [-0.25, -0.2) is 4.98 Å². The van der Waals surface area contributed by atoms with Gasteiger partial charge in [0.15, 0.2) is 0 Å². The predicted octanol–water partition coefficient (Wildman–Crippen LogP) is 1.78. The Labute approximate surface area is 170 Å². The van der Waals surface area contributed by atoms with E-state index in [0.29, 0.717) is 25.6 Å². The molecule has 2 atom stereocenters. The van der Waals surface area contributed by atoms with Crippen LogP contribution in [-0.4, -0.2) is 62.8 Å². The molecular weight excluding hydrogens is 372 g/mol. The van der Waals surface area contributed by atoms with Gasteiger partial charge in [0.05, 0.1) is 29.1 Å². The third kappa shape index (κ3) is 4.13. The van der Waals surface area contributed by atoms with Crippen LogP contribution in [-0.2, 0) is 16.1 Å². The number of nitrogens with one attached hydrogen (secondary N) is 1. The van der Waals surface area contributed by atoms with E-state index in [2.05, 4.69) is 34.7 Å². The fourth-order valence-electron chi connectivity index (χ4n) is 4.65. The van der Waals surface area contributed by atoms with Crippen molar-refractivity contribution in [2.24, 2.45) is 5.41 Å². The summed E-state index contributed by atoms with van der Waals surface area (Å²) in [5.41, 5.74) is 1.50. The van der Waals surface area contributed by atoms with E-state index >= 15 is 0 Å². The Hall–Kier alpha value is -2.45. The van der Waals surface area contributed by atoms with Crippen molar-refractivity contribution in [3.63, 3.8) is 0 Å². The Morgan fingerprint density at radius 3 is 2.79 bits per heavy atom. The van der Waals surface area contributed by atoms with Crippen molar-refractivity contribution in [3.05, 3.63) is 30.1 Å². The summed E-state index contributed by atoms with van der Waals surface area (Å²) in [5.74, 6) is 1.04. The number of fused-ring (bicyclic) bond motifs is 1. The maximum Gasteiger partial charge on any atom is 0.290 e. The van der Waals surface area contributed by atoms with Gasteiger partial charge in [-0.15, -0.1) is 0 Å². The quantitative estimate of drug-likeness (QED) is 0.676. The highest BCUT2D eigenvalue weighted by atomic mass is 16.3. The van der Waals surface area contributed by atoms with E-state index in [1.165, 1.54) is 0 Å². The molecule has 29 heavy (non-hydrogen) atoms. The summed E-state index contributed by atoms with van der Waals surface area (Å²) >= 11 is 0. The number of piperidine rings is 2. The Morgan fingerprint density at radius 1 is 1.38 bits per heavy atom. The molecule has 158 valence electrons. The van der Waals surface area contributed by atoms with E-state index in [1.807, 2.05) is 18.2 Å². The highest BCUT2D eigenvalue weighted by Crippen LogP contribution is 2.38. The molecule has 2 aromatic rings. The molecule has 8 nitrogen and oxygen atoms in total. The lowest BCUT2D eigenvalue weighted by molar-refractivity contribution is -0.149. The molecular formula is C21H30N4O4. The topological polar surface area (TPSA) is 108 Å². The summed E-state index contributed by atoms with van der Waals surface area (Å²) in [6.45, 7) is 6.91. The van der Waals surface area contributed by atoms with Crippen LogP contribution in [0.5, 0.6) is 0 Å². The second-order valence-electron chi connectivity index (χ2n) is 8.12. The summed E-state index contributed by atoms with van der Waals surface area (Å²) in [7, 11) is 0. The number of amides is 1. The average Bonchev–Trinajstić information content (AvgIpc) is 3.05. The minimum absolute atomic E-state index is 0.0123. The van der Waals surface area contributed by atoms with E-state index < -0.39 is 11.5 Å². The summed E-state index contributed by atoms with van der Waals surface area (Å²) in [4.78, 5) is 28.1. The fraction of sp³-hybridized carbons (Fsp3) is 0.571. The number of benzene rings is 1. The van der Waals surface area contributed by atoms with Crippen molar-refractivity contribution >= 4 is 23.4 Å². The Kier molecular flexibility index (Phi) is 6.54. The number of carbonyl (C=O) groups excluding carboxylic acids is 1. The van der Waals surface area contributed by atoms with Crippen molar-refractivity contribution in [1.82, 2.24) is 19.8 Å². The van der Waals surface area contributed by atoms with Crippen molar-refractivity contribution < 1.29 is 19.8 Å². The lowest BCUT2D eigenvalue weighted by Gasteiger charge is -2.46. The van der Waals surface area contributed by atoms with Crippen LogP contribution >= 0.6 is 0 Å². The van der Waals surface area contributed by atoms with Gasteiger partial charge in [0.1, 0.15) is 5.82 Å². The number of likely N-dealkylation sites (tertiary alicyclic amines) is 1. The summed E-state index contributed by atoms with van der Waals surface area (Å²) in [5, 5.41) is 20.4. The van der Waals surface area contributed by atoms with Gasteiger partial charge < -0.3 is 20.1 Å². The molecule has 0 aliphatic carbocycles. The number of imidazole rings is 1. The predicted molar refractivity (Wildman–Crippen MR) is 109 cm³/mol. The molecule has 8 heteroatoms. The van der Waals surface area contributed by atoms with Gasteiger partial charge in [-0.3, -0.25) is 14.5 Å². The van der Waals surface area contributed by atoms with Crippen LogP contribution in [0.25, 0.3) is 11.0 Å². The van der Waals surface area contributed by atoms with Crippen LogP contribution < -0.4 is 5.32 Å². The lowest BCUT2D eigenvalue weighted by atomic mass is 9.71. The maximum atomic E-state index is 12.6. The number of nitrogens with zero attached hydrogens (tertiary/aromatic N) is 3. The average molecular weight is 402 g/mol. The number of rotatable bonds is 3. The van der Waals surface area contributed by atoms with Crippen LogP contribution in [0, 0.1) is 5.41 Å². The van der Waals surface area contributed by atoms with Gasteiger partial charge in [-0.05, 0) is 45.2 Å². The number of aliphatic hydroxyl groups is 1. The van der Waals surface area contributed by atoms with Gasteiger partial charge in [0, 0.05) is 25.7 Å². The zero-order chi connectivity index (χ0) is 21.0. The molecule has 2 aliphatic heterocycles. The van der Waals surface area contributed by atoms with E-state index in [4.69, 9.17) is 14.9 Å². The first-order valence-electron chi connectivity index (χ1n) is 10.2. The van der Waals surface area contributed by atoms with E-state index in [1.54, 1.807) is 0 Å². The molecule has 3 heterocycles. The number of hydrogen-bond donors (Lipinski definition) is 3. The number of aromatic nitrogens is 2. The second-order valence-corrected chi connectivity index (χ2v) is 8.12. The zero-order valence-electron chi connectivity index (χ0n) is 17.0. The monoisotopic (exact) mass is 402 g/mol. The van der Waals surface area contributed by atoms with Crippen LogP contribution in [0.15, 0.2) is 24.3 Å². The Morgan fingerprint density at radius 2 is 2.10 bits per heavy atom. The van der Waals surface area contributed by atoms with Crippen molar-refractivity contribution in [1.29, 1.82) is 0 Å². The van der Waals surface area contributed by atoms with Crippen LogP contribution in [0.3, 0.4) is 0 Å². The summed E-state index contributed by atoms with van der Waals surface area (Å²) in [6, 6.07) is 8.54. The molecule has 3 N–H and O–H groups in total. The van der Waals surface area contributed by atoms with E-state index in [-0.39, 0.29) is 12.4 Å². The third-order valence-electron chi connectivity index (χ3n) is 5.95. The minimum atomic E-state index is -0.662. The van der Waals surface area contributed by atoms with Crippen LogP contribution in [0.4, 0.5) is 0 Å². The maximum absolute atomic E-state index is 12.6. The number of aliphatic hydroxyl groups excluding tert-OH is 1. The van der Waals surface area contributed by atoms with Crippen molar-refractivity contribution in [3.8, 4) is 0 Å². The van der Waals surface area contributed by atoms with Gasteiger partial charge in [0.2, 0.25) is 5.91 Å². The number of carboxylic acid groups (broad SMARTS) is 1. The molecule has 0 unspecified atom stereocenters. The normalized spacial score (nSPS) is 25.0. The van der Waals surface area contributed by atoms with E-state index in [9.17, 15) is 9.90 Å². The highest BCUT2D eigenvalue weighted by Gasteiger charge is 2.49. The van der Waals surface area contributed by atoms with Crippen LogP contribution in [0.2, 0.25) is 0 Å². The summed E-state index contributed by atoms with van der Waals surface area (Å²) < 4.78 is 2.29. The Balaban J connectivity index is 0.000000755. The third-order valence-corrected chi connectivity index (χ3v) is 5.95. The first-order valence-corrected chi connectivity index (χ1v) is 10.2. The largest absolute Gasteiger partial charge is 0.483 e. The van der Waals surface area contributed by atoms with Gasteiger partial charge >= 0.3 is 0 Å². The molecule has 2 saturated heterocycles. The number of hydrogen-bond acceptors (Lipinski definition) is 5. The van der Waals surface area contributed by atoms with Gasteiger partial charge in [-0.1, -0.05) is 12.1 Å². The molecule has 2 fully saturated rings. The highest BCUT2D eigenvalue weighted by molar-refractivity contribution is 5.84. The standard InChI is InChI=1S/C20H28N4O2.CH2O2/c1-14(2)24-16-7-4-3-6-15(16)22-18(24)12-23-11-8-17(25)20(13-23)9-5-10-21-19(20)26;2-1-3/h3-4,6-7,14,17,25H,5,8-13H2,1-2H3,(H,21,26);1H,(H,2,3)/t17-,20+;/m0./s1. The molecule has 4 rings (SSSR count). The van der Waals surface area contributed by atoms with Gasteiger partial charge in [0.25, 0.3) is 6.47 Å². The lowest BCUT2D eigenvalue weighted by Crippen LogP contribution is -2.61. The molecule has 0 radical (unpaired) electrons. The minimum Gasteiger partial charge on any atom is -0.483 e. The van der Waals surface area contributed by atoms with Gasteiger partial charge in [-0.2, -0.15) is 0 Å². The van der Waals surface area contributed by atoms with E-state index in [0.717, 1.165) is 42.8 Å².